The number of aryl methyl sites for hydroxylation is 1. The van der Waals surface area contributed by atoms with Gasteiger partial charge in [-0.05, 0) is 48.2 Å². The van der Waals surface area contributed by atoms with Crippen LogP contribution in [-0.4, -0.2) is 7.11 Å². The molecular weight excluding hydrogens is 307 g/mol. The smallest absolute Gasteiger partial charge is 0.121 e. The van der Waals surface area contributed by atoms with Crippen molar-refractivity contribution in [3.05, 3.63) is 63.1 Å². The number of rotatable bonds is 5. The minimum atomic E-state index is -0.0340. The van der Waals surface area contributed by atoms with Crippen LogP contribution in [0.4, 0.5) is 0 Å². The topological polar surface area (TPSA) is 47.3 Å². The van der Waals surface area contributed by atoms with E-state index in [4.69, 9.17) is 33.8 Å². The van der Waals surface area contributed by atoms with E-state index in [1.165, 1.54) is 0 Å². The molecule has 0 aliphatic heterocycles. The van der Waals surface area contributed by atoms with Crippen LogP contribution in [0, 0.1) is 6.92 Å². The molecule has 0 radical (unpaired) electrons. The van der Waals surface area contributed by atoms with Crippen molar-refractivity contribution in [3.63, 3.8) is 0 Å². The summed E-state index contributed by atoms with van der Waals surface area (Å²) in [5.74, 6) is 6.56. The molecule has 0 spiro atoms. The molecule has 5 heteroatoms. The molecule has 3 nitrogen and oxygen atoms in total. The predicted octanol–water partition coefficient (Wildman–Crippen LogP) is 4.06. The first kappa shape index (κ1) is 16.1. The van der Waals surface area contributed by atoms with Crippen LogP contribution in [0.1, 0.15) is 22.7 Å². The Morgan fingerprint density at radius 1 is 1.19 bits per heavy atom. The number of methoxy groups -OCH3 is 1. The van der Waals surface area contributed by atoms with Gasteiger partial charge in [-0.1, -0.05) is 41.4 Å². The first-order valence-corrected chi connectivity index (χ1v) is 7.35. The Kier molecular flexibility index (Phi) is 5.48. The minimum Gasteiger partial charge on any atom is -0.496 e. The monoisotopic (exact) mass is 324 g/mol. The van der Waals surface area contributed by atoms with E-state index in [1.54, 1.807) is 13.2 Å². The lowest BCUT2D eigenvalue weighted by molar-refractivity contribution is 0.411. The van der Waals surface area contributed by atoms with Crippen LogP contribution in [-0.2, 0) is 6.42 Å². The van der Waals surface area contributed by atoms with Crippen LogP contribution in [0.2, 0.25) is 10.0 Å². The van der Waals surface area contributed by atoms with E-state index in [0.717, 1.165) is 22.4 Å². The number of hydrogen-bond donors (Lipinski definition) is 2. The van der Waals surface area contributed by atoms with Gasteiger partial charge >= 0.3 is 0 Å². The molecule has 0 aliphatic rings. The van der Waals surface area contributed by atoms with E-state index in [1.807, 2.05) is 31.2 Å². The molecule has 2 aromatic carbocycles. The molecule has 112 valence electrons. The summed E-state index contributed by atoms with van der Waals surface area (Å²) >= 11 is 12.1. The van der Waals surface area contributed by atoms with Crippen molar-refractivity contribution >= 4 is 23.2 Å². The lowest BCUT2D eigenvalue weighted by Crippen LogP contribution is -2.29. The van der Waals surface area contributed by atoms with Crippen LogP contribution in [0.3, 0.4) is 0 Å². The van der Waals surface area contributed by atoms with E-state index in [-0.39, 0.29) is 6.04 Å². The van der Waals surface area contributed by atoms with Crippen molar-refractivity contribution in [2.75, 3.05) is 7.11 Å². The third-order valence-corrected chi connectivity index (χ3v) is 4.05. The standard InChI is InChI=1S/C16H18Cl2N2O/c1-10-7-12(4-6-16(10)21-2)15(20-19)8-11-3-5-13(17)9-14(11)18/h3-7,9,15,20H,8,19H2,1-2H3. The van der Waals surface area contributed by atoms with Crippen LogP contribution >= 0.6 is 23.2 Å². The normalized spacial score (nSPS) is 12.2. The first-order chi connectivity index (χ1) is 10.0. The number of hydrogen-bond acceptors (Lipinski definition) is 3. The van der Waals surface area contributed by atoms with Gasteiger partial charge in [0, 0.05) is 10.0 Å². The van der Waals surface area contributed by atoms with Gasteiger partial charge in [0.2, 0.25) is 0 Å². The Labute approximate surface area is 135 Å². The molecule has 2 rings (SSSR count). The van der Waals surface area contributed by atoms with Gasteiger partial charge in [-0.15, -0.1) is 0 Å². The molecule has 21 heavy (non-hydrogen) atoms. The van der Waals surface area contributed by atoms with Gasteiger partial charge in [-0.2, -0.15) is 0 Å². The molecule has 0 saturated heterocycles. The fourth-order valence-electron chi connectivity index (χ4n) is 2.30. The molecule has 0 aliphatic carbocycles. The summed E-state index contributed by atoms with van der Waals surface area (Å²) in [6.07, 6.45) is 0.679. The molecular formula is C16H18Cl2N2O. The lowest BCUT2D eigenvalue weighted by Gasteiger charge is -2.18. The van der Waals surface area contributed by atoms with Crippen LogP contribution in [0.25, 0.3) is 0 Å². The molecule has 2 aromatic rings. The Morgan fingerprint density at radius 3 is 2.52 bits per heavy atom. The second-order valence-electron chi connectivity index (χ2n) is 4.89. The number of hydrazine groups is 1. The van der Waals surface area contributed by atoms with Gasteiger partial charge in [-0.3, -0.25) is 11.3 Å². The fraction of sp³-hybridized carbons (Fsp3) is 0.250. The summed E-state index contributed by atoms with van der Waals surface area (Å²) in [6.45, 7) is 2.01. The zero-order chi connectivity index (χ0) is 15.4. The van der Waals surface area contributed by atoms with Gasteiger partial charge in [0.15, 0.2) is 0 Å². The van der Waals surface area contributed by atoms with E-state index in [0.29, 0.717) is 16.5 Å². The van der Waals surface area contributed by atoms with Crippen molar-refractivity contribution in [2.45, 2.75) is 19.4 Å². The zero-order valence-corrected chi connectivity index (χ0v) is 13.5. The van der Waals surface area contributed by atoms with Crippen LogP contribution < -0.4 is 16.0 Å². The molecule has 0 amide bonds. The van der Waals surface area contributed by atoms with Crippen molar-refractivity contribution < 1.29 is 4.74 Å². The molecule has 0 heterocycles. The van der Waals surface area contributed by atoms with Gasteiger partial charge in [0.05, 0.1) is 13.2 Å². The number of nitrogens with one attached hydrogen (secondary N) is 1. The molecule has 0 fully saturated rings. The first-order valence-electron chi connectivity index (χ1n) is 6.59. The summed E-state index contributed by atoms with van der Waals surface area (Å²) < 4.78 is 5.28. The van der Waals surface area contributed by atoms with Crippen LogP contribution in [0.15, 0.2) is 36.4 Å². The van der Waals surface area contributed by atoms with Gasteiger partial charge < -0.3 is 4.74 Å². The Hall–Kier alpha value is -1.26. The van der Waals surface area contributed by atoms with Crippen molar-refractivity contribution in [2.24, 2.45) is 5.84 Å². The summed E-state index contributed by atoms with van der Waals surface area (Å²) in [5.41, 5.74) is 5.99. The highest BCUT2D eigenvalue weighted by Crippen LogP contribution is 2.28. The second kappa shape index (κ2) is 7.14. The van der Waals surface area contributed by atoms with Gasteiger partial charge in [0.25, 0.3) is 0 Å². The maximum Gasteiger partial charge on any atom is 0.121 e. The average molecular weight is 325 g/mol. The fourth-order valence-corrected chi connectivity index (χ4v) is 2.78. The molecule has 0 aromatic heterocycles. The highest BCUT2D eigenvalue weighted by Gasteiger charge is 2.14. The van der Waals surface area contributed by atoms with Crippen molar-refractivity contribution in [1.82, 2.24) is 5.43 Å². The van der Waals surface area contributed by atoms with Gasteiger partial charge in [0.1, 0.15) is 5.75 Å². The highest BCUT2D eigenvalue weighted by atomic mass is 35.5. The van der Waals surface area contributed by atoms with E-state index in [9.17, 15) is 0 Å². The van der Waals surface area contributed by atoms with E-state index < -0.39 is 0 Å². The zero-order valence-electron chi connectivity index (χ0n) is 12.0. The molecule has 1 atom stereocenters. The van der Waals surface area contributed by atoms with Crippen molar-refractivity contribution in [1.29, 1.82) is 0 Å². The third kappa shape index (κ3) is 3.89. The lowest BCUT2D eigenvalue weighted by atomic mass is 9.97. The predicted molar refractivity (Wildman–Crippen MR) is 88.0 cm³/mol. The summed E-state index contributed by atoms with van der Waals surface area (Å²) in [7, 11) is 1.66. The molecule has 1 unspecified atom stereocenters. The average Bonchev–Trinajstić information content (AvgIpc) is 2.46. The maximum absolute atomic E-state index is 6.22. The molecule has 0 bridgehead atoms. The van der Waals surface area contributed by atoms with Gasteiger partial charge in [-0.25, -0.2) is 0 Å². The Balaban J connectivity index is 2.25. The molecule has 0 saturated carbocycles. The van der Waals surface area contributed by atoms with E-state index in [2.05, 4.69) is 11.5 Å². The second-order valence-corrected chi connectivity index (χ2v) is 5.73. The summed E-state index contributed by atoms with van der Waals surface area (Å²) in [5, 5.41) is 1.27. The quantitative estimate of drug-likeness (QED) is 0.644. The maximum atomic E-state index is 6.22. The highest BCUT2D eigenvalue weighted by molar-refractivity contribution is 6.35. The summed E-state index contributed by atoms with van der Waals surface area (Å²) in [6, 6.07) is 11.5. The number of ether oxygens (including phenoxy) is 1. The SMILES string of the molecule is COc1ccc(C(Cc2ccc(Cl)cc2Cl)NN)cc1C. The van der Waals surface area contributed by atoms with Crippen LogP contribution in [0.5, 0.6) is 5.75 Å². The Bertz CT molecular complexity index is 632. The van der Waals surface area contributed by atoms with E-state index >= 15 is 0 Å². The minimum absolute atomic E-state index is 0.0340. The summed E-state index contributed by atoms with van der Waals surface area (Å²) in [4.78, 5) is 0. The third-order valence-electron chi connectivity index (χ3n) is 3.46. The number of halogens is 2. The Morgan fingerprint density at radius 2 is 1.95 bits per heavy atom. The van der Waals surface area contributed by atoms with Crippen molar-refractivity contribution in [3.8, 4) is 5.75 Å². The molecule has 3 N–H and O–H groups in total. The number of benzene rings is 2. The largest absolute Gasteiger partial charge is 0.496 e. The number of nitrogens with two attached hydrogens (primary N) is 1.